The summed E-state index contributed by atoms with van der Waals surface area (Å²) in [7, 11) is -3.46. The predicted octanol–water partition coefficient (Wildman–Crippen LogP) is 1.55. The first kappa shape index (κ1) is 15.4. The molecular weight excluding hydrogens is 352 g/mol. The molecule has 0 radical (unpaired) electrons. The van der Waals surface area contributed by atoms with E-state index in [1.807, 2.05) is 11.4 Å². The maximum Gasteiger partial charge on any atom is 0.279 e. The molecular formula is C11H17BrN2O3S2. The van der Waals surface area contributed by atoms with E-state index in [0.29, 0.717) is 19.6 Å². The van der Waals surface area contributed by atoms with Crippen LogP contribution < -0.4 is 4.72 Å². The quantitative estimate of drug-likeness (QED) is 0.828. The number of aliphatic hydroxyl groups is 1. The lowest BCUT2D eigenvalue weighted by atomic mass is 10.0. The second-order valence-electron chi connectivity index (χ2n) is 4.57. The lowest BCUT2D eigenvalue weighted by Gasteiger charge is -2.30. The first-order valence-corrected chi connectivity index (χ1v) is 9.21. The third-order valence-electron chi connectivity index (χ3n) is 3.19. The van der Waals surface area contributed by atoms with E-state index in [0.717, 1.165) is 22.2 Å². The van der Waals surface area contributed by atoms with Crippen LogP contribution in [0.1, 0.15) is 17.7 Å². The van der Waals surface area contributed by atoms with Gasteiger partial charge in [-0.2, -0.15) is 17.4 Å². The van der Waals surface area contributed by atoms with Crippen LogP contribution in [-0.2, 0) is 16.8 Å². The Labute approximate surface area is 125 Å². The van der Waals surface area contributed by atoms with E-state index in [1.165, 1.54) is 15.6 Å². The number of hydrogen-bond donors (Lipinski definition) is 2. The number of nitrogens with one attached hydrogen (secondary N) is 1. The lowest BCUT2D eigenvalue weighted by molar-refractivity contribution is 0.164. The highest BCUT2D eigenvalue weighted by Gasteiger charge is 2.28. The standard InChI is InChI=1S/C11H17BrN2O3S2/c12-10-3-5-18-11(10)6-13-19(16,17)14-4-1-2-9(7-14)8-15/h3,5,9,13,15H,1-2,4,6-8H2. The Bertz CT molecular complexity index is 518. The average molecular weight is 369 g/mol. The fourth-order valence-corrected chi connectivity index (χ4v) is 4.90. The van der Waals surface area contributed by atoms with Crippen molar-refractivity contribution in [3.8, 4) is 0 Å². The number of halogens is 1. The van der Waals surface area contributed by atoms with Crippen LogP contribution in [-0.4, -0.2) is 37.5 Å². The number of rotatable bonds is 5. The molecule has 2 heterocycles. The number of nitrogens with zero attached hydrogens (tertiary/aromatic N) is 1. The number of thiophene rings is 1. The van der Waals surface area contributed by atoms with Gasteiger partial charge < -0.3 is 5.11 Å². The Hall–Kier alpha value is 0.01000. The van der Waals surface area contributed by atoms with Crippen LogP contribution in [0.25, 0.3) is 0 Å². The molecule has 8 heteroatoms. The summed E-state index contributed by atoms with van der Waals surface area (Å²) in [4.78, 5) is 0.958. The molecule has 2 rings (SSSR count). The van der Waals surface area contributed by atoms with Crippen LogP contribution in [0.2, 0.25) is 0 Å². The molecule has 1 unspecified atom stereocenters. The molecule has 1 saturated heterocycles. The topological polar surface area (TPSA) is 69.6 Å². The normalized spacial score (nSPS) is 21.7. The number of hydrogen-bond acceptors (Lipinski definition) is 4. The summed E-state index contributed by atoms with van der Waals surface area (Å²) in [6, 6.07) is 1.90. The van der Waals surface area contributed by atoms with Crippen molar-refractivity contribution >= 4 is 37.5 Å². The van der Waals surface area contributed by atoms with Crippen LogP contribution >= 0.6 is 27.3 Å². The maximum atomic E-state index is 12.2. The first-order valence-electron chi connectivity index (χ1n) is 6.10. The summed E-state index contributed by atoms with van der Waals surface area (Å²) < 4.78 is 29.3. The third kappa shape index (κ3) is 3.99. The zero-order valence-corrected chi connectivity index (χ0v) is 13.6. The lowest BCUT2D eigenvalue weighted by Crippen LogP contribution is -2.46. The van der Waals surface area contributed by atoms with Gasteiger partial charge in [-0.25, -0.2) is 0 Å². The SMILES string of the molecule is O=S(=O)(NCc1sccc1Br)N1CCCC(CO)C1. The van der Waals surface area contributed by atoms with Gasteiger partial charge in [0.25, 0.3) is 10.2 Å². The van der Waals surface area contributed by atoms with E-state index >= 15 is 0 Å². The molecule has 1 fully saturated rings. The Morgan fingerprint density at radius 1 is 1.58 bits per heavy atom. The molecule has 1 aromatic rings. The van der Waals surface area contributed by atoms with Gasteiger partial charge in [0.1, 0.15) is 0 Å². The fraction of sp³-hybridized carbons (Fsp3) is 0.636. The summed E-state index contributed by atoms with van der Waals surface area (Å²) in [6.45, 7) is 1.26. The summed E-state index contributed by atoms with van der Waals surface area (Å²) >= 11 is 4.89. The minimum absolute atomic E-state index is 0.0441. The molecule has 0 bridgehead atoms. The predicted molar refractivity (Wildman–Crippen MR) is 79.2 cm³/mol. The second kappa shape index (κ2) is 6.64. The van der Waals surface area contributed by atoms with E-state index in [9.17, 15) is 8.42 Å². The maximum absolute atomic E-state index is 12.2. The minimum Gasteiger partial charge on any atom is -0.396 e. The van der Waals surface area contributed by atoms with Gasteiger partial charge in [0.2, 0.25) is 0 Å². The van der Waals surface area contributed by atoms with E-state index < -0.39 is 10.2 Å². The third-order valence-corrected chi connectivity index (χ3v) is 6.63. The van der Waals surface area contributed by atoms with E-state index in [-0.39, 0.29) is 12.5 Å². The molecule has 5 nitrogen and oxygen atoms in total. The van der Waals surface area contributed by atoms with Crippen molar-refractivity contribution in [3.05, 3.63) is 20.8 Å². The molecule has 1 atom stereocenters. The molecule has 0 spiro atoms. The van der Waals surface area contributed by atoms with Gasteiger partial charge in [0.05, 0.1) is 0 Å². The molecule has 0 saturated carbocycles. The monoisotopic (exact) mass is 368 g/mol. The Kier molecular flexibility index (Phi) is 5.38. The Morgan fingerprint density at radius 2 is 2.37 bits per heavy atom. The molecule has 1 aliphatic rings. The fourth-order valence-electron chi connectivity index (χ4n) is 2.09. The first-order chi connectivity index (χ1) is 9.03. The molecule has 0 aromatic carbocycles. The van der Waals surface area contributed by atoms with Gasteiger partial charge >= 0.3 is 0 Å². The summed E-state index contributed by atoms with van der Waals surface area (Å²) in [5.41, 5.74) is 0. The summed E-state index contributed by atoms with van der Waals surface area (Å²) in [5.74, 6) is 0.0544. The van der Waals surface area contributed by atoms with Crippen molar-refractivity contribution in [1.29, 1.82) is 0 Å². The number of piperidine rings is 1. The zero-order valence-electron chi connectivity index (χ0n) is 10.4. The van der Waals surface area contributed by atoms with Crippen molar-refractivity contribution in [1.82, 2.24) is 9.03 Å². The summed E-state index contributed by atoms with van der Waals surface area (Å²) in [6.07, 6.45) is 1.69. The Morgan fingerprint density at radius 3 is 3.00 bits per heavy atom. The average Bonchev–Trinajstić information content (AvgIpc) is 2.82. The van der Waals surface area contributed by atoms with Crippen molar-refractivity contribution in [2.24, 2.45) is 5.92 Å². The molecule has 1 aliphatic heterocycles. The molecule has 0 aliphatic carbocycles. The van der Waals surface area contributed by atoms with E-state index in [4.69, 9.17) is 5.11 Å². The minimum atomic E-state index is -3.46. The highest BCUT2D eigenvalue weighted by molar-refractivity contribution is 9.10. The van der Waals surface area contributed by atoms with Crippen LogP contribution in [0.4, 0.5) is 0 Å². The van der Waals surface area contributed by atoms with Gasteiger partial charge in [-0.1, -0.05) is 0 Å². The van der Waals surface area contributed by atoms with Crippen molar-refractivity contribution in [2.75, 3.05) is 19.7 Å². The van der Waals surface area contributed by atoms with Crippen LogP contribution in [0.5, 0.6) is 0 Å². The molecule has 0 amide bonds. The van der Waals surface area contributed by atoms with E-state index in [2.05, 4.69) is 20.7 Å². The van der Waals surface area contributed by atoms with Crippen molar-refractivity contribution in [3.63, 3.8) is 0 Å². The zero-order chi connectivity index (χ0) is 13.9. The smallest absolute Gasteiger partial charge is 0.279 e. The highest BCUT2D eigenvalue weighted by Crippen LogP contribution is 2.23. The molecule has 19 heavy (non-hydrogen) atoms. The molecule has 108 valence electrons. The van der Waals surface area contributed by atoms with Crippen molar-refractivity contribution in [2.45, 2.75) is 19.4 Å². The van der Waals surface area contributed by atoms with Gasteiger partial charge in [-0.3, -0.25) is 0 Å². The van der Waals surface area contributed by atoms with Crippen LogP contribution in [0.3, 0.4) is 0 Å². The molecule has 1 aromatic heterocycles. The van der Waals surface area contributed by atoms with Gasteiger partial charge in [-0.05, 0) is 46.1 Å². The van der Waals surface area contributed by atoms with Gasteiger partial charge in [-0.15, -0.1) is 11.3 Å². The van der Waals surface area contributed by atoms with Crippen LogP contribution in [0, 0.1) is 5.92 Å². The highest BCUT2D eigenvalue weighted by atomic mass is 79.9. The van der Waals surface area contributed by atoms with Crippen LogP contribution in [0.15, 0.2) is 15.9 Å². The molecule has 2 N–H and O–H groups in total. The summed E-state index contributed by atoms with van der Waals surface area (Å²) in [5, 5.41) is 11.1. The Balaban J connectivity index is 1.96. The van der Waals surface area contributed by atoms with E-state index in [1.54, 1.807) is 0 Å². The second-order valence-corrected chi connectivity index (χ2v) is 8.18. The number of aliphatic hydroxyl groups excluding tert-OH is 1. The van der Waals surface area contributed by atoms with Gasteiger partial charge in [0.15, 0.2) is 0 Å². The largest absolute Gasteiger partial charge is 0.396 e. The van der Waals surface area contributed by atoms with Crippen molar-refractivity contribution < 1.29 is 13.5 Å². The van der Waals surface area contributed by atoms with Gasteiger partial charge in [0, 0.05) is 35.6 Å².